The lowest BCUT2D eigenvalue weighted by Crippen LogP contribution is -2.58. The predicted octanol–water partition coefficient (Wildman–Crippen LogP) is 4.55. The molecular weight excluding hydrogens is 496 g/mol. The maximum atomic E-state index is 13.6. The Morgan fingerprint density at radius 2 is 1.79 bits per heavy atom. The molecule has 2 heterocycles. The number of methoxy groups -OCH3 is 1. The van der Waals surface area contributed by atoms with Gasteiger partial charge in [0.2, 0.25) is 12.0 Å². The summed E-state index contributed by atoms with van der Waals surface area (Å²) in [6.45, 7) is 5.98. The van der Waals surface area contributed by atoms with Gasteiger partial charge in [-0.2, -0.15) is 0 Å². The Morgan fingerprint density at radius 1 is 1.10 bits per heavy atom. The van der Waals surface area contributed by atoms with Gasteiger partial charge in [-0.15, -0.1) is 0 Å². The molecular formula is C30H36N4O5. The zero-order valence-corrected chi connectivity index (χ0v) is 22.9. The molecule has 39 heavy (non-hydrogen) atoms. The number of anilines is 1. The third-order valence-corrected chi connectivity index (χ3v) is 7.06. The molecule has 1 aliphatic rings. The lowest BCUT2D eigenvalue weighted by atomic mass is 9.78. The number of hydrogen-bond acceptors (Lipinski definition) is 7. The zero-order chi connectivity index (χ0) is 28.0. The van der Waals surface area contributed by atoms with Crippen LogP contribution < -0.4 is 19.7 Å². The number of nitrogens with one attached hydrogen (secondary N) is 1. The van der Waals surface area contributed by atoms with Crippen molar-refractivity contribution in [1.82, 2.24) is 15.3 Å². The minimum Gasteiger partial charge on any atom is -0.497 e. The highest BCUT2D eigenvalue weighted by molar-refractivity contribution is 5.97. The molecule has 2 unspecified atom stereocenters. The lowest BCUT2D eigenvalue weighted by molar-refractivity contribution is -0.151. The first kappa shape index (κ1) is 28.0. The van der Waals surface area contributed by atoms with E-state index in [1.807, 2.05) is 62.4 Å². The van der Waals surface area contributed by atoms with Crippen LogP contribution in [0.1, 0.15) is 55.1 Å². The third-order valence-electron chi connectivity index (χ3n) is 7.06. The van der Waals surface area contributed by atoms with E-state index >= 15 is 0 Å². The predicted molar refractivity (Wildman–Crippen MR) is 148 cm³/mol. The first-order chi connectivity index (χ1) is 18.8. The van der Waals surface area contributed by atoms with Crippen molar-refractivity contribution in [2.45, 2.75) is 64.6 Å². The SMILES string of the molecule is CCCCCC1(C(Oc2nc(C)cc(C)n2)C(=O)O)NCC(=O)N(Cc2ccc(OC)cc2)c2ccccc21. The molecule has 0 aliphatic carbocycles. The van der Waals surface area contributed by atoms with E-state index in [1.54, 1.807) is 18.1 Å². The van der Waals surface area contributed by atoms with Gasteiger partial charge in [0.05, 0.1) is 25.7 Å². The number of unbranched alkanes of at least 4 members (excludes halogenated alkanes) is 2. The molecule has 1 aliphatic heterocycles. The van der Waals surface area contributed by atoms with Crippen LogP contribution >= 0.6 is 0 Å². The van der Waals surface area contributed by atoms with Crippen LogP contribution in [0.25, 0.3) is 0 Å². The van der Waals surface area contributed by atoms with Crippen molar-refractivity contribution < 1.29 is 24.2 Å². The van der Waals surface area contributed by atoms with Gasteiger partial charge >= 0.3 is 12.0 Å². The highest BCUT2D eigenvalue weighted by Crippen LogP contribution is 2.41. The third kappa shape index (κ3) is 6.20. The Hall–Kier alpha value is -3.98. The van der Waals surface area contributed by atoms with E-state index in [2.05, 4.69) is 22.2 Å². The number of fused-ring (bicyclic) bond motifs is 1. The number of rotatable bonds is 11. The Morgan fingerprint density at radius 3 is 2.44 bits per heavy atom. The smallest absolute Gasteiger partial charge is 0.347 e. The fourth-order valence-electron chi connectivity index (χ4n) is 5.19. The summed E-state index contributed by atoms with van der Waals surface area (Å²) < 4.78 is 11.4. The van der Waals surface area contributed by atoms with Crippen LogP contribution in [0.4, 0.5) is 5.69 Å². The Labute approximate surface area is 229 Å². The minimum absolute atomic E-state index is 0.000268. The number of para-hydroxylation sites is 1. The molecule has 206 valence electrons. The number of aromatic nitrogens is 2. The largest absolute Gasteiger partial charge is 0.497 e. The summed E-state index contributed by atoms with van der Waals surface area (Å²) >= 11 is 0. The second-order valence-electron chi connectivity index (χ2n) is 9.90. The number of carboxylic acid groups (broad SMARTS) is 1. The normalized spacial score (nSPS) is 17.7. The molecule has 2 aromatic carbocycles. The average Bonchev–Trinajstić information content (AvgIpc) is 3.03. The Bertz CT molecular complexity index is 1290. The second kappa shape index (κ2) is 12.3. The van der Waals surface area contributed by atoms with Gasteiger partial charge in [-0.05, 0) is 50.1 Å². The van der Waals surface area contributed by atoms with E-state index in [0.717, 1.165) is 30.6 Å². The van der Waals surface area contributed by atoms with Crippen molar-refractivity contribution in [2.75, 3.05) is 18.6 Å². The molecule has 9 nitrogen and oxygen atoms in total. The molecule has 9 heteroatoms. The first-order valence-electron chi connectivity index (χ1n) is 13.3. The standard InChI is InChI=1S/C30H36N4O5/c1-5-6-9-16-30(27(28(36)37)39-29-32-20(2)17-21(3)33-29)24-10-7-8-11-25(24)34(26(35)18-31-30)19-22-12-14-23(38-4)15-13-22/h7-8,10-15,17,27,31H,5-6,9,16,18-19H2,1-4H3,(H,36,37). The molecule has 0 radical (unpaired) electrons. The van der Waals surface area contributed by atoms with E-state index in [-0.39, 0.29) is 18.5 Å². The number of carbonyl (C=O) groups is 2. The van der Waals surface area contributed by atoms with Crippen LogP contribution in [0.3, 0.4) is 0 Å². The number of hydrogen-bond donors (Lipinski definition) is 2. The molecule has 0 bridgehead atoms. The molecule has 3 aromatic rings. The van der Waals surface area contributed by atoms with Gasteiger partial charge in [0.25, 0.3) is 0 Å². The van der Waals surface area contributed by atoms with Gasteiger partial charge in [-0.1, -0.05) is 56.5 Å². The number of aliphatic carboxylic acids is 1. The van der Waals surface area contributed by atoms with Crippen molar-refractivity contribution in [3.63, 3.8) is 0 Å². The molecule has 1 amide bonds. The molecule has 1 aromatic heterocycles. The maximum Gasteiger partial charge on any atom is 0.347 e. The van der Waals surface area contributed by atoms with Crippen LogP contribution in [0.2, 0.25) is 0 Å². The fourth-order valence-corrected chi connectivity index (χ4v) is 5.19. The highest BCUT2D eigenvalue weighted by Gasteiger charge is 2.50. The summed E-state index contributed by atoms with van der Waals surface area (Å²) in [7, 11) is 1.61. The van der Waals surface area contributed by atoms with Crippen LogP contribution in [-0.2, 0) is 21.7 Å². The molecule has 2 N–H and O–H groups in total. The molecule has 0 saturated heterocycles. The van der Waals surface area contributed by atoms with Gasteiger partial charge in [-0.3, -0.25) is 10.1 Å². The van der Waals surface area contributed by atoms with Crippen LogP contribution in [0.5, 0.6) is 11.8 Å². The van der Waals surface area contributed by atoms with Gasteiger partial charge in [0.1, 0.15) is 5.75 Å². The summed E-state index contributed by atoms with van der Waals surface area (Å²) in [6.07, 6.45) is 1.67. The van der Waals surface area contributed by atoms with Crippen molar-refractivity contribution in [3.8, 4) is 11.8 Å². The van der Waals surface area contributed by atoms with Crippen LogP contribution in [-0.4, -0.2) is 46.7 Å². The number of aryl methyl sites for hydroxylation is 2. The van der Waals surface area contributed by atoms with E-state index in [0.29, 0.717) is 35.6 Å². The highest BCUT2D eigenvalue weighted by atomic mass is 16.5. The summed E-state index contributed by atoms with van der Waals surface area (Å²) in [4.78, 5) is 36.9. The summed E-state index contributed by atoms with van der Waals surface area (Å²) in [5.41, 5.74) is 2.41. The van der Waals surface area contributed by atoms with Gasteiger partial charge in [0.15, 0.2) is 0 Å². The molecule has 0 saturated carbocycles. The fraction of sp³-hybridized carbons (Fsp3) is 0.400. The Balaban J connectivity index is 1.82. The van der Waals surface area contributed by atoms with Gasteiger partial charge < -0.3 is 19.5 Å². The quantitative estimate of drug-likeness (QED) is 0.346. The summed E-state index contributed by atoms with van der Waals surface area (Å²) in [5.74, 6) is -0.594. The number of ether oxygens (including phenoxy) is 2. The average molecular weight is 533 g/mol. The van der Waals surface area contributed by atoms with Crippen LogP contribution in [0.15, 0.2) is 54.6 Å². The first-order valence-corrected chi connectivity index (χ1v) is 13.3. The van der Waals surface area contributed by atoms with E-state index in [4.69, 9.17) is 9.47 Å². The summed E-state index contributed by atoms with van der Waals surface area (Å²) in [6, 6.07) is 16.8. The molecule has 0 spiro atoms. The zero-order valence-electron chi connectivity index (χ0n) is 22.9. The summed E-state index contributed by atoms with van der Waals surface area (Å²) in [5, 5.41) is 13.9. The van der Waals surface area contributed by atoms with Gasteiger partial charge in [-0.25, -0.2) is 14.8 Å². The maximum absolute atomic E-state index is 13.6. The van der Waals surface area contributed by atoms with Gasteiger partial charge in [0, 0.05) is 22.6 Å². The van der Waals surface area contributed by atoms with E-state index in [9.17, 15) is 14.7 Å². The Kier molecular flexibility index (Phi) is 8.81. The number of benzene rings is 2. The topological polar surface area (TPSA) is 114 Å². The van der Waals surface area contributed by atoms with Crippen molar-refractivity contribution in [1.29, 1.82) is 0 Å². The van der Waals surface area contributed by atoms with Crippen molar-refractivity contribution in [3.05, 3.63) is 77.1 Å². The van der Waals surface area contributed by atoms with Crippen molar-refractivity contribution in [2.24, 2.45) is 0 Å². The number of amides is 1. The lowest BCUT2D eigenvalue weighted by Gasteiger charge is -2.39. The van der Waals surface area contributed by atoms with Crippen molar-refractivity contribution >= 4 is 17.6 Å². The molecule has 2 atom stereocenters. The number of carboxylic acids is 1. The van der Waals surface area contributed by atoms with E-state index < -0.39 is 17.6 Å². The van der Waals surface area contributed by atoms with Crippen LogP contribution in [0, 0.1) is 13.8 Å². The minimum atomic E-state index is -1.38. The second-order valence-corrected chi connectivity index (χ2v) is 9.90. The number of nitrogens with zero attached hydrogens (tertiary/aromatic N) is 3. The molecule has 4 rings (SSSR count). The monoisotopic (exact) mass is 532 g/mol. The molecule has 0 fully saturated rings. The number of carbonyl (C=O) groups excluding carboxylic acids is 1. The van der Waals surface area contributed by atoms with E-state index in [1.165, 1.54) is 0 Å².